The summed E-state index contributed by atoms with van der Waals surface area (Å²) < 4.78 is 12.4. The molecular weight excluding hydrogens is 440 g/mol. The largest absolute Gasteiger partial charge is 0.491 e. The number of likely N-dealkylation sites (N-methyl/N-ethyl adjacent to an activating group) is 1. The molecule has 1 atom stereocenters. The third kappa shape index (κ3) is 6.44. The number of aryl methyl sites for hydroxylation is 1. The zero-order valence-corrected chi connectivity index (χ0v) is 20.3. The molecule has 0 aliphatic carbocycles. The van der Waals surface area contributed by atoms with E-state index in [-0.39, 0.29) is 5.91 Å². The molecule has 0 radical (unpaired) electrons. The quantitative estimate of drug-likeness (QED) is 0.617. The molecule has 1 aromatic carbocycles. The van der Waals surface area contributed by atoms with Crippen molar-refractivity contribution in [2.45, 2.75) is 25.5 Å². The number of ether oxygens (including phenoxy) is 2. The molecule has 0 saturated carbocycles. The number of carbonyl (C=O) groups excluding carboxylic acids is 1. The molecule has 0 N–H and O–H groups in total. The Morgan fingerprint density at radius 2 is 1.91 bits per heavy atom. The van der Waals surface area contributed by atoms with Gasteiger partial charge in [0.15, 0.2) is 0 Å². The van der Waals surface area contributed by atoms with Gasteiger partial charge in [0.2, 0.25) is 5.91 Å². The summed E-state index contributed by atoms with van der Waals surface area (Å²) >= 11 is 6.02. The van der Waals surface area contributed by atoms with Crippen molar-refractivity contribution < 1.29 is 14.3 Å². The molecule has 2 aliphatic rings. The Balaban J connectivity index is 1.48. The zero-order valence-electron chi connectivity index (χ0n) is 19.5. The lowest BCUT2D eigenvalue weighted by Gasteiger charge is -2.43. The first kappa shape index (κ1) is 24.0. The second kappa shape index (κ2) is 10.8. The first-order chi connectivity index (χ1) is 15.9. The van der Waals surface area contributed by atoms with Gasteiger partial charge in [0.25, 0.3) is 0 Å². The Morgan fingerprint density at radius 1 is 1.15 bits per heavy atom. The maximum atomic E-state index is 13.3. The number of hydrogen-bond donors (Lipinski definition) is 0. The number of piperazine rings is 1. The molecule has 33 heavy (non-hydrogen) atoms. The van der Waals surface area contributed by atoms with E-state index in [1.54, 1.807) is 12.1 Å². The van der Waals surface area contributed by atoms with E-state index in [0.29, 0.717) is 37.0 Å². The number of pyridine rings is 1. The summed E-state index contributed by atoms with van der Waals surface area (Å²) in [5.74, 6) is 0.839. The highest BCUT2D eigenvalue weighted by atomic mass is 35.5. The number of morpholine rings is 1. The second-order valence-electron chi connectivity index (χ2n) is 9.11. The first-order valence-electron chi connectivity index (χ1n) is 11.5. The van der Waals surface area contributed by atoms with Crippen LogP contribution in [-0.2, 0) is 16.1 Å². The van der Waals surface area contributed by atoms with E-state index in [1.165, 1.54) is 5.56 Å². The van der Waals surface area contributed by atoms with Gasteiger partial charge >= 0.3 is 0 Å². The van der Waals surface area contributed by atoms with E-state index in [0.717, 1.165) is 45.0 Å². The minimum atomic E-state index is -0.721. The molecule has 2 aromatic rings. The van der Waals surface area contributed by atoms with Crippen molar-refractivity contribution in [1.29, 1.82) is 0 Å². The topological polar surface area (TPSA) is 58.1 Å². The molecule has 0 bridgehead atoms. The van der Waals surface area contributed by atoms with Crippen molar-refractivity contribution in [2.75, 3.05) is 59.5 Å². The van der Waals surface area contributed by atoms with Crippen molar-refractivity contribution >= 4 is 17.5 Å². The maximum Gasteiger partial charge on any atom is 0.225 e. The number of benzene rings is 1. The predicted molar refractivity (Wildman–Crippen MR) is 129 cm³/mol. The third-order valence-electron chi connectivity index (χ3n) is 6.46. The Kier molecular flexibility index (Phi) is 7.86. The standard InChI is InChI=1S/C25H33ClN4O3/c1-20-4-3-9-27-23(20)17-29-14-15-33-25(18-29,19-32-22-7-5-21(26)6-8-22)16-24(31)30-12-10-28(2)11-13-30/h3-9H,10-19H2,1-2H3/t25-/m1/s1. The highest BCUT2D eigenvalue weighted by Gasteiger charge is 2.41. The minimum absolute atomic E-state index is 0.124. The molecular formula is C25H33ClN4O3. The number of carbonyl (C=O) groups is 1. The number of rotatable bonds is 7. The predicted octanol–water partition coefficient (Wildman–Crippen LogP) is 2.86. The Morgan fingerprint density at radius 3 is 2.64 bits per heavy atom. The third-order valence-corrected chi connectivity index (χ3v) is 6.72. The van der Waals surface area contributed by atoms with Crippen molar-refractivity contribution in [3.63, 3.8) is 0 Å². The summed E-state index contributed by atoms with van der Waals surface area (Å²) in [6.07, 6.45) is 2.12. The summed E-state index contributed by atoms with van der Waals surface area (Å²) in [6, 6.07) is 11.3. The average molecular weight is 473 g/mol. The number of hydrogen-bond acceptors (Lipinski definition) is 6. The molecule has 2 aliphatic heterocycles. The van der Waals surface area contributed by atoms with Gasteiger partial charge in [0, 0.05) is 57.0 Å². The van der Waals surface area contributed by atoms with Crippen LogP contribution in [0, 0.1) is 6.92 Å². The fourth-order valence-corrected chi connectivity index (χ4v) is 4.51. The van der Waals surface area contributed by atoms with Crippen LogP contribution in [0.2, 0.25) is 5.02 Å². The van der Waals surface area contributed by atoms with E-state index >= 15 is 0 Å². The SMILES string of the molecule is Cc1cccnc1CN1CCO[C@](COc2ccc(Cl)cc2)(CC(=O)N2CCN(C)CC2)C1. The first-order valence-corrected chi connectivity index (χ1v) is 11.9. The Bertz CT molecular complexity index is 934. The van der Waals surface area contributed by atoms with Crippen LogP contribution in [0.3, 0.4) is 0 Å². The van der Waals surface area contributed by atoms with E-state index in [2.05, 4.69) is 34.8 Å². The van der Waals surface area contributed by atoms with E-state index in [4.69, 9.17) is 21.1 Å². The molecule has 1 aromatic heterocycles. The number of nitrogens with zero attached hydrogens (tertiary/aromatic N) is 4. The smallest absolute Gasteiger partial charge is 0.225 e. The molecule has 7 nitrogen and oxygen atoms in total. The number of amides is 1. The lowest BCUT2D eigenvalue weighted by Crippen LogP contribution is -2.58. The Hall–Kier alpha value is -2.19. The summed E-state index contributed by atoms with van der Waals surface area (Å²) in [4.78, 5) is 24.4. The fourth-order valence-electron chi connectivity index (χ4n) is 4.39. The van der Waals surface area contributed by atoms with Crippen LogP contribution in [0.15, 0.2) is 42.6 Å². The van der Waals surface area contributed by atoms with Gasteiger partial charge in [-0.2, -0.15) is 0 Å². The molecule has 3 heterocycles. The van der Waals surface area contributed by atoms with Gasteiger partial charge in [-0.3, -0.25) is 14.7 Å². The summed E-state index contributed by atoms with van der Waals surface area (Å²) in [6.45, 7) is 8.34. The number of halogens is 1. The van der Waals surface area contributed by atoms with E-state index in [1.807, 2.05) is 29.3 Å². The van der Waals surface area contributed by atoms with Crippen LogP contribution >= 0.6 is 11.6 Å². The average Bonchev–Trinajstić information content (AvgIpc) is 2.81. The van der Waals surface area contributed by atoms with Crippen molar-refractivity contribution in [3.8, 4) is 5.75 Å². The van der Waals surface area contributed by atoms with Gasteiger partial charge in [-0.1, -0.05) is 17.7 Å². The summed E-state index contributed by atoms with van der Waals surface area (Å²) in [5, 5.41) is 0.660. The van der Waals surface area contributed by atoms with Crippen molar-refractivity contribution in [2.24, 2.45) is 0 Å². The van der Waals surface area contributed by atoms with E-state index < -0.39 is 5.60 Å². The zero-order chi connectivity index (χ0) is 23.3. The molecule has 0 spiro atoms. The van der Waals surface area contributed by atoms with Gasteiger partial charge in [0.1, 0.15) is 18.0 Å². The minimum Gasteiger partial charge on any atom is -0.491 e. The summed E-state index contributed by atoms with van der Waals surface area (Å²) in [7, 11) is 2.09. The molecule has 2 saturated heterocycles. The van der Waals surface area contributed by atoms with Crippen LogP contribution < -0.4 is 4.74 Å². The van der Waals surface area contributed by atoms with Gasteiger partial charge in [0.05, 0.1) is 18.7 Å². The number of aromatic nitrogens is 1. The van der Waals surface area contributed by atoms with Gasteiger partial charge in [-0.25, -0.2) is 0 Å². The molecule has 1 amide bonds. The van der Waals surface area contributed by atoms with Gasteiger partial charge in [-0.15, -0.1) is 0 Å². The highest BCUT2D eigenvalue weighted by Crippen LogP contribution is 2.27. The normalized spacial score (nSPS) is 22.3. The van der Waals surface area contributed by atoms with Crippen LogP contribution in [0.5, 0.6) is 5.75 Å². The summed E-state index contributed by atoms with van der Waals surface area (Å²) in [5.41, 5.74) is 1.50. The van der Waals surface area contributed by atoms with Crippen LogP contribution in [0.4, 0.5) is 0 Å². The maximum absolute atomic E-state index is 13.3. The van der Waals surface area contributed by atoms with Crippen LogP contribution in [-0.4, -0.2) is 90.7 Å². The molecule has 0 unspecified atom stereocenters. The van der Waals surface area contributed by atoms with Crippen LogP contribution in [0.1, 0.15) is 17.7 Å². The molecule has 4 rings (SSSR count). The Labute approximate surface area is 201 Å². The lowest BCUT2D eigenvalue weighted by atomic mass is 9.96. The van der Waals surface area contributed by atoms with Crippen molar-refractivity contribution in [1.82, 2.24) is 19.7 Å². The second-order valence-corrected chi connectivity index (χ2v) is 9.55. The molecule has 2 fully saturated rings. The highest BCUT2D eigenvalue weighted by molar-refractivity contribution is 6.30. The van der Waals surface area contributed by atoms with Gasteiger partial charge in [-0.05, 0) is 49.9 Å². The molecule has 8 heteroatoms. The monoisotopic (exact) mass is 472 g/mol. The van der Waals surface area contributed by atoms with Crippen LogP contribution in [0.25, 0.3) is 0 Å². The van der Waals surface area contributed by atoms with E-state index in [9.17, 15) is 4.79 Å². The fraction of sp³-hybridized carbons (Fsp3) is 0.520. The molecule has 178 valence electrons. The van der Waals surface area contributed by atoms with Crippen molar-refractivity contribution in [3.05, 3.63) is 58.9 Å². The van der Waals surface area contributed by atoms with Gasteiger partial charge < -0.3 is 19.3 Å². The lowest BCUT2D eigenvalue weighted by molar-refractivity contribution is -0.158.